The highest BCUT2D eigenvalue weighted by atomic mass is 19.1. The van der Waals surface area contributed by atoms with Crippen molar-refractivity contribution in [3.05, 3.63) is 66.0 Å². The van der Waals surface area contributed by atoms with Crippen LogP contribution in [0, 0.1) is 5.82 Å². The second-order valence-electron chi connectivity index (χ2n) is 6.46. The lowest BCUT2D eigenvalue weighted by molar-refractivity contribution is -0.117. The number of halogens is 1. The summed E-state index contributed by atoms with van der Waals surface area (Å²) in [6.45, 7) is 3.16. The van der Waals surface area contributed by atoms with Crippen molar-refractivity contribution in [2.75, 3.05) is 38.0 Å². The van der Waals surface area contributed by atoms with Crippen LogP contribution >= 0.6 is 0 Å². The molecule has 0 unspecified atom stereocenters. The second-order valence-corrected chi connectivity index (χ2v) is 6.46. The van der Waals surface area contributed by atoms with E-state index in [9.17, 15) is 14.0 Å². The molecular weight excluding hydrogens is 347 g/mol. The van der Waals surface area contributed by atoms with Crippen LogP contribution in [0.3, 0.4) is 0 Å². The van der Waals surface area contributed by atoms with Gasteiger partial charge in [-0.2, -0.15) is 0 Å². The van der Waals surface area contributed by atoms with Gasteiger partial charge >= 0.3 is 6.03 Å². The van der Waals surface area contributed by atoms with Gasteiger partial charge in [-0.05, 0) is 29.8 Å². The van der Waals surface area contributed by atoms with Crippen LogP contribution in [0.1, 0.15) is 5.56 Å². The molecule has 3 rings (SSSR count). The van der Waals surface area contributed by atoms with E-state index in [2.05, 4.69) is 10.6 Å². The number of rotatable bonds is 5. The molecular formula is C20H23FN4O2. The standard InChI is InChI=1S/C20H23FN4O2/c21-17-6-8-18(9-7-17)23-19(26)15-24-10-12-25(13-11-24)20(27)22-14-16-4-2-1-3-5-16/h1-9H,10-15H2,(H,22,27)(H,23,26). The normalized spacial score (nSPS) is 14.6. The number of hydrogen-bond donors (Lipinski definition) is 2. The van der Waals surface area contributed by atoms with Crippen LogP contribution in [0.2, 0.25) is 0 Å². The number of carbonyl (C=O) groups is 2. The van der Waals surface area contributed by atoms with Crippen molar-refractivity contribution in [3.8, 4) is 0 Å². The number of anilines is 1. The molecule has 1 aliphatic rings. The Labute approximate surface area is 158 Å². The number of nitrogens with one attached hydrogen (secondary N) is 2. The van der Waals surface area contributed by atoms with Crippen molar-refractivity contribution in [1.29, 1.82) is 0 Å². The molecule has 142 valence electrons. The Kier molecular flexibility index (Phi) is 6.38. The third-order valence-electron chi connectivity index (χ3n) is 4.44. The molecule has 0 radical (unpaired) electrons. The number of benzene rings is 2. The molecule has 0 spiro atoms. The SMILES string of the molecule is O=C(CN1CCN(C(=O)NCc2ccccc2)CC1)Nc1ccc(F)cc1. The van der Waals surface area contributed by atoms with Gasteiger partial charge in [0.15, 0.2) is 0 Å². The molecule has 0 aromatic heterocycles. The summed E-state index contributed by atoms with van der Waals surface area (Å²) in [6.07, 6.45) is 0. The molecule has 2 N–H and O–H groups in total. The average Bonchev–Trinajstić information content (AvgIpc) is 2.69. The van der Waals surface area contributed by atoms with Gasteiger partial charge in [0.25, 0.3) is 0 Å². The summed E-state index contributed by atoms with van der Waals surface area (Å²) in [5.74, 6) is -0.488. The topological polar surface area (TPSA) is 64.7 Å². The van der Waals surface area contributed by atoms with E-state index in [1.165, 1.54) is 24.3 Å². The van der Waals surface area contributed by atoms with E-state index in [0.29, 0.717) is 38.4 Å². The van der Waals surface area contributed by atoms with Gasteiger partial charge in [-0.15, -0.1) is 0 Å². The van der Waals surface area contributed by atoms with E-state index in [0.717, 1.165) is 5.56 Å². The summed E-state index contributed by atoms with van der Waals surface area (Å²) >= 11 is 0. The largest absolute Gasteiger partial charge is 0.334 e. The van der Waals surface area contributed by atoms with Crippen molar-refractivity contribution >= 4 is 17.6 Å². The fourth-order valence-electron chi connectivity index (χ4n) is 2.93. The molecule has 1 fully saturated rings. The molecule has 7 heteroatoms. The second kappa shape index (κ2) is 9.14. The van der Waals surface area contributed by atoms with Crippen molar-refractivity contribution < 1.29 is 14.0 Å². The Morgan fingerprint density at radius 1 is 0.926 bits per heavy atom. The third kappa shape index (κ3) is 5.79. The minimum atomic E-state index is -0.338. The van der Waals surface area contributed by atoms with Gasteiger partial charge in [0, 0.05) is 38.4 Å². The van der Waals surface area contributed by atoms with Gasteiger partial charge < -0.3 is 15.5 Å². The highest BCUT2D eigenvalue weighted by Crippen LogP contribution is 2.09. The van der Waals surface area contributed by atoms with Gasteiger partial charge in [-0.1, -0.05) is 30.3 Å². The number of carbonyl (C=O) groups excluding carboxylic acids is 2. The van der Waals surface area contributed by atoms with Gasteiger partial charge in [0.2, 0.25) is 5.91 Å². The van der Waals surface area contributed by atoms with Gasteiger partial charge in [0.05, 0.1) is 6.54 Å². The Morgan fingerprint density at radius 2 is 1.59 bits per heavy atom. The molecule has 6 nitrogen and oxygen atoms in total. The summed E-state index contributed by atoms with van der Waals surface area (Å²) in [6, 6.07) is 15.4. The molecule has 1 heterocycles. The number of piperazine rings is 1. The summed E-state index contributed by atoms with van der Waals surface area (Å²) in [7, 11) is 0. The smallest absolute Gasteiger partial charge is 0.317 e. The van der Waals surface area contributed by atoms with Crippen LogP contribution in [-0.2, 0) is 11.3 Å². The molecule has 1 saturated heterocycles. The highest BCUT2D eigenvalue weighted by molar-refractivity contribution is 5.92. The number of urea groups is 1. The first kappa shape index (κ1) is 18.8. The minimum absolute atomic E-state index is 0.0886. The van der Waals surface area contributed by atoms with Gasteiger partial charge in [-0.3, -0.25) is 9.69 Å². The summed E-state index contributed by atoms with van der Waals surface area (Å²) < 4.78 is 12.9. The van der Waals surface area contributed by atoms with E-state index in [-0.39, 0.29) is 24.3 Å². The Hall–Kier alpha value is -2.93. The quantitative estimate of drug-likeness (QED) is 0.849. The maximum atomic E-state index is 12.9. The lowest BCUT2D eigenvalue weighted by Gasteiger charge is -2.34. The van der Waals surface area contributed by atoms with E-state index in [1.54, 1.807) is 4.90 Å². The molecule has 2 aromatic rings. The van der Waals surface area contributed by atoms with Crippen molar-refractivity contribution in [2.45, 2.75) is 6.54 Å². The van der Waals surface area contributed by atoms with Crippen LogP contribution in [0.5, 0.6) is 0 Å². The zero-order valence-electron chi connectivity index (χ0n) is 15.0. The van der Waals surface area contributed by atoms with E-state index in [1.807, 2.05) is 35.2 Å². The molecule has 0 aliphatic carbocycles. The van der Waals surface area contributed by atoms with Gasteiger partial charge in [-0.25, -0.2) is 9.18 Å². The van der Waals surface area contributed by atoms with Crippen LogP contribution in [0.25, 0.3) is 0 Å². The third-order valence-corrected chi connectivity index (χ3v) is 4.44. The molecule has 3 amide bonds. The maximum Gasteiger partial charge on any atom is 0.317 e. The average molecular weight is 370 g/mol. The molecule has 0 atom stereocenters. The highest BCUT2D eigenvalue weighted by Gasteiger charge is 2.22. The summed E-state index contributed by atoms with van der Waals surface area (Å²) in [5, 5.41) is 5.67. The molecule has 0 bridgehead atoms. The lowest BCUT2D eigenvalue weighted by Crippen LogP contribution is -2.52. The number of hydrogen-bond acceptors (Lipinski definition) is 3. The molecule has 27 heavy (non-hydrogen) atoms. The first-order valence-corrected chi connectivity index (χ1v) is 8.94. The van der Waals surface area contributed by atoms with E-state index < -0.39 is 0 Å². The Morgan fingerprint density at radius 3 is 2.26 bits per heavy atom. The molecule has 2 aromatic carbocycles. The van der Waals surface area contributed by atoms with Crippen LogP contribution in [-0.4, -0.2) is 54.5 Å². The molecule has 1 aliphatic heterocycles. The fraction of sp³-hybridized carbons (Fsp3) is 0.300. The maximum absolute atomic E-state index is 12.9. The summed E-state index contributed by atoms with van der Waals surface area (Å²) in [5.41, 5.74) is 1.63. The molecule has 0 saturated carbocycles. The zero-order chi connectivity index (χ0) is 19.1. The lowest BCUT2D eigenvalue weighted by atomic mass is 10.2. The van der Waals surface area contributed by atoms with Crippen LogP contribution in [0.4, 0.5) is 14.9 Å². The monoisotopic (exact) mass is 370 g/mol. The van der Waals surface area contributed by atoms with Crippen molar-refractivity contribution in [2.24, 2.45) is 0 Å². The van der Waals surface area contributed by atoms with Crippen molar-refractivity contribution in [1.82, 2.24) is 15.1 Å². The fourth-order valence-corrected chi connectivity index (χ4v) is 2.93. The number of amides is 3. The Bertz CT molecular complexity index is 759. The number of nitrogens with zero attached hydrogens (tertiary/aromatic N) is 2. The van der Waals surface area contributed by atoms with E-state index >= 15 is 0 Å². The van der Waals surface area contributed by atoms with Gasteiger partial charge in [0.1, 0.15) is 5.82 Å². The predicted octanol–water partition coefficient (Wildman–Crippen LogP) is 2.29. The first-order chi connectivity index (χ1) is 13.1. The zero-order valence-corrected chi connectivity index (χ0v) is 15.0. The predicted molar refractivity (Wildman–Crippen MR) is 102 cm³/mol. The minimum Gasteiger partial charge on any atom is -0.334 e. The van der Waals surface area contributed by atoms with Crippen molar-refractivity contribution in [3.63, 3.8) is 0 Å². The Balaban J connectivity index is 1.38. The van der Waals surface area contributed by atoms with E-state index in [4.69, 9.17) is 0 Å². The first-order valence-electron chi connectivity index (χ1n) is 8.94. The van der Waals surface area contributed by atoms with Crippen LogP contribution < -0.4 is 10.6 Å². The summed E-state index contributed by atoms with van der Waals surface area (Å²) in [4.78, 5) is 28.1. The van der Waals surface area contributed by atoms with Crippen LogP contribution in [0.15, 0.2) is 54.6 Å².